The Labute approximate surface area is 137 Å². The highest BCUT2D eigenvalue weighted by Gasteiger charge is 2.48. The zero-order valence-corrected chi connectivity index (χ0v) is 15.0. The summed E-state index contributed by atoms with van der Waals surface area (Å²) in [5.74, 6) is -5.35. The monoisotopic (exact) mass is 327 g/mol. The van der Waals surface area contributed by atoms with Crippen molar-refractivity contribution < 1.29 is 18.3 Å². The molecule has 3 nitrogen and oxygen atoms in total. The van der Waals surface area contributed by atoms with E-state index >= 15 is 0 Å². The number of esters is 1. The molecule has 23 heavy (non-hydrogen) atoms. The number of nitrogens with two attached hydrogens (primary N) is 1. The maximum Gasteiger partial charge on any atom is 0.382 e. The van der Waals surface area contributed by atoms with E-state index in [4.69, 9.17) is 5.73 Å². The van der Waals surface area contributed by atoms with E-state index in [2.05, 4.69) is 4.74 Å². The number of carbonyl (C=O) groups excluding carboxylic acids is 1. The SMILES string of the molecule is CCOC(=O)C(F)(F)c1c(C(C)(C)C)ccc(C(C)(C)C)c1N. The summed E-state index contributed by atoms with van der Waals surface area (Å²) in [5, 5.41) is 0. The molecular weight excluding hydrogens is 300 g/mol. The van der Waals surface area contributed by atoms with Gasteiger partial charge in [-0.2, -0.15) is 8.78 Å². The predicted molar refractivity (Wildman–Crippen MR) is 88.8 cm³/mol. The number of alkyl halides is 2. The third-order valence-electron chi connectivity index (χ3n) is 3.71. The van der Waals surface area contributed by atoms with Crippen molar-refractivity contribution in [3.05, 3.63) is 28.8 Å². The van der Waals surface area contributed by atoms with Crippen molar-refractivity contribution in [3.63, 3.8) is 0 Å². The molecule has 5 heteroatoms. The number of halogens is 2. The van der Waals surface area contributed by atoms with Crippen LogP contribution in [0.5, 0.6) is 0 Å². The zero-order chi connectivity index (χ0) is 18.2. The molecule has 0 atom stereocenters. The molecule has 2 N–H and O–H groups in total. The fraction of sp³-hybridized carbons (Fsp3) is 0.611. The minimum atomic E-state index is -3.79. The summed E-state index contributed by atoms with van der Waals surface area (Å²) in [5.41, 5.74) is 5.56. The molecule has 0 spiro atoms. The van der Waals surface area contributed by atoms with E-state index in [0.29, 0.717) is 11.1 Å². The van der Waals surface area contributed by atoms with Crippen molar-refractivity contribution >= 4 is 11.7 Å². The van der Waals surface area contributed by atoms with E-state index in [0.717, 1.165) is 0 Å². The standard InChI is InChI=1S/C18H27F2NO2/c1-8-23-15(22)18(19,20)13-11(16(2,3)4)9-10-12(14(13)21)17(5,6)7/h9-10H,8,21H2,1-7H3. The van der Waals surface area contributed by atoms with Crippen LogP contribution in [-0.4, -0.2) is 12.6 Å². The summed E-state index contributed by atoms with van der Waals surface area (Å²) in [4.78, 5) is 11.8. The molecule has 0 aliphatic heterocycles. The Bertz CT molecular complexity index is 596. The summed E-state index contributed by atoms with van der Waals surface area (Å²) < 4.78 is 34.2. The lowest BCUT2D eigenvalue weighted by Gasteiger charge is -2.31. The Morgan fingerprint density at radius 1 is 1.04 bits per heavy atom. The molecule has 0 bridgehead atoms. The number of hydrogen-bond acceptors (Lipinski definition) is 3. The van der Waals surface area contributed by atoms with Crippen molar-refractivity contribution in [2.24, 2.45) is 0 Å². The molecule has 1 aromatic rings. The number of rotatable bonds is 3. The van der Waals surface area contributed by atoms with Gasteiger partial charge in [-0.3, -0.25) is 0 Å². The van der Waals surface area contributed by atoms with Crippen LogP contribution in [0.4, 0.5) is 14.5 Å². The number of benzene rings is 1. The van der Waals surface area contributed by atoms with Gasteiger partial charge in [0.25, 0.3) is 0 Å². The van der Waals surface area contributed by atoms with Crippen LogP contribution in [0.3, 0.4) is 0 Å². The molecular formula is C18H27F2NO2. The lowest BCUT2D eigenvalue weighted by atomic mass is 9.76. The average Bonchev–Trinajstić information content (AvgIpc) is 2.35. The van der Waals surface area contributed by atoms with Crippen LogP contribution < -0.4 is 5.73 Å². The lowest BCUT2D eigenvalue weighted by molar-refractivity contribution is -0.173. The van der Waals surface area contributed by atoms with Gasteiger partial charge < -0.3 is 10.5 Å². The number of hydrogen-bond donors (Lipinski definition) is 1. The van der Waals surface area contributed by atoms with Gasteiger partial charge in [0.2, 0.25) is 0 Å². The van der Waals surface area contributed by atoms with Gasteiger partial charge in [0, 0.05) is 5.69 Å². The second-order valence-electron chi connectivity index (χ2n) is 7.74. The second kappa shape index (κ2) is 6.10. The van der Waals surface area contributed by atoms with E-state index in [-0.39, 0.29) is 12.3 Å². The molecule has 0 unspecified atom stereocenters. The third-order valence-corrected chi connectivity index (χ3v) is 3.71. The molecule has 1 aromatic carbocycles. The topological polar surface area (TPSA) is 52.3 Å². The van der Waals surface area contributed by atoms with Crippen molar-refractivity contribution in [2.75, 3.05) is 12.3 Å². The largest absolute Gasteiger partial charge is 0.461 e. The maximum absolute atomic E-state index is 14.8. The van der Waals surface area contributed by atoms with E-state index in [1.807, 2.05) is 41.5 Å². The first-order valence-electron chi connectivity index (χ1n) is 7.73. The first-order valence-corrected chi connectivity index (χ1v) is 7.73. The first kappa shape index (κ1) is 19.4. The van der Waals surface area contributed by atoms with Crippen LogP contribution in [0.2, 0.25) is 0 Å². The summed E-state index contributed by atoms with van der Waals surface area (Å²) >= 11 is 0. The van der Waals surface area contributed by atoms with Gasteiger partial charge in [-0.05, 0) is 28.9 Å². The normalized spacial score (nSPS) is 13.1. The van der Waals surface area contributed by atoms with Gasteiger partial charge in [-0.25, -0.2) is 4.79 Å². The predicted octanol–water partition coefficient (Wildman–Crippen LogP) is 4.52. The molecule has 0 heterocycles. The van der Waals surface area contributed by atoms with E-state index < -0.39 is 28.3 Å². The van der Waals surface area contributed by atoms with Gasteiger partial charge in [0.15, 0.2) is 0 Å². The van der Waals surface area contributed by atoms with Crippen molar-refractivity contribution in [2.45, 2.75) is 65.2 Å². The highest BCUT2D eigenvalue weighted by molar-refractivity contribution is 5.83. The van der Waals surface area contributed by atoms with Crippen LogP contribution in [0, 0.1) is 0 Å². The van der Waals surface area contributed by atoms with E-state index in [1.165, 1.54) is 6.92 Å². The summed E-state index contributed by atoms with van der Waals surface area (Å²) in [7, 11) is 0. The van der Waals surface area contributed by atoms with Gasteiger partial charge in [-0.15, -0.1) is 0 Å². The van der Waals surface area contributed by atoms with Crippen LogP contribution in [0.15, 0.2) is 12.1 Å². The Kier molecular flexibility index (Phi) is 5.14. The molecule has 0 saturated heterocycles. The molecule has 130 valence electrons. The first-order chi connectivity index (χ1) is 10.2. The van der Waals surface area contributed by atoms with Gasteiger partial charge in [0.05, 0.1) is 12.2 Å². The van der Waals surface area contributed by atoms with Crippen LogP contribution in [0.25, 0.3) is 0 Å². The van der Waals surface area contributed by atoms with Crippen molar-refractivity contribution in [1.82, 2.24) is 0 Å². The van der Waals surface area contributed by atoms with Crippen LogP contribution in [-0.2, 0) is 26.3 Å². The van der Waals surface area contributed by atoms with Gasteiger partial charge in [-0.1, -0.05) is 53.7 Å². The number of ether oxygens (including phenoxy) is 1. The van der Waals surface area contributed by atoms with E-state index in [1.54, 1.807) is 12.1 Å². The third kappa shape index (κ3) is 3.82. The molecule has 0 fully saturated rings. The molecule has 1 rings (SSSR count). The fourth-order valence-corrected chi connectivity index (χ4v) is 2.56. The summed E-state index contributed by atoms with van der Waals surface area (Å²) in [6.07, 6.45) is 0. The fourth-order valence-electron chi connectivity index (χ4n) is 2.56. The Balaban J connectivity index is 3.75. The van der Waals surface area contributed by atoms with Crippen LogP contribution in [0.1, 0.15) is 65.2 Å². The molecule has 0 aliphatic rings. The van der Waals surface area contributed by atoms with Gasteiger partial charge in [0.1, 0.15) is 0 Å². The molecule has 0 aromatic heterocycles. The quantitative estimate of drug-likeness (QED) is 0.656. The smallest absolute Gasteiger partial charge is 0.382 e. The summed E-state index contributed by atoms with van der Waals surface area (Å²) in [6, 6.07) is 3.40. The average molecular weight is 327 g/mol. The van der Waals surface area contributed by atoms with Gasteiger partial charge >= 0.3 is 11.9 Å². The Hall–Kier alpha value is -1.65. The maximum atomic E-state index is 14.8. The number of nitrogen functional groups attached to an aromatic ring is 1. The molecule has 0 amide bonds. The lowest BCUT2D eigenvalue weighted by Crippen LogP contribution is -2.34. The van der Waals surface area contributed by atoms with Crippen molar-refractivity contribution in [1.29, 1.82) is 0 Å². The van der Waals surface area contributed by atoms with E-state index in [9.17, 15) is 13.6 Å². The Morgan fingerprint density at radius 3 is 1.87 bits per heavy atom. The molecule has 0 aliphatic carbocycles. The van der Waals surface area contributed by atoms with Crippen LogP contribution >= 0.6 is 0 Å². The zero-order valence-electron chi connectivity index (χ0n) is 15.0. The van der Waals surface area contributed by atoms with Crippen molar-refractivity contribution in [3.8, 4) is 0 Å². The number of carbonyl (C=O) groups is 1. The second-order valence-corrected chi connectivity index (χ2v) is 7.74. The summed E-state index contributed by atoms with van der Waals surface area (Å²) in [6.45, 7) is 12.5. The molecule has 0 saturated carbocycles. The number of anilines is 1. The Morgan fingerprint density at radius 2 is 1.48 bits per heavy atom. The highest BCUT2D eigenvalue weighted by Crippen LogP contribution is 2.44. The minimum absolute atomic E-state index is 0.0389. The molecule has 0 radical (unpaired) electrons. The highest BCUT2D eigenvalue weighted by atomic mass is 19.3. The minimum Gasteiger partial charge on any atom is -0.461 e.